The van der Waals surface area contributed by atoms with Crippen LogP contribution >= 0.6 is 11.3 Å². The summed E-state index contributed by atoms with van der Waals surface area (Å²) in [5.41, 5.74) is 0.782. The molecule has 140 valence electrons. The van der Waals surface area contributed by atoms with Crippen molar-refractivity contribution in [2.75, 3.05) is 5.32 Å². The highest BCUT2D eigenvalue weighted by Gasteiger charge is 2.23. The van der Waals surface area contributed by atoms with Crippen molar-refractivity contribution < 1.29 is 19.7 Å². The maximum Gasteiger partial charge on any atom is 0.354 e. The summed E-state index contributed by atoms with van der Waals surface area (Å²) >= 11 is 1.51. The van der Waals surface area contributed by atoms with Crippen molar-refractivity contribution in [2.45, 2.75) is 37.8 Å². The number of carboxylic acid groups (broad SMARTS) is 1. The number of aromatic carboxylic acids is 1. The highest BCUT2D eigenvalue weighted by Crippen LogP contribution is 2.32. The number of benzene rings is 1. The molecule has 8 heteroatoms. The summed E-state index contributed by atoms with van der Waals surface area (Å²) in [6.45, 7) is 0. The Kier molecular flexibility index (Phi) is 4.91. The molecule has 2 heterocycles. The number of ether oxygens (including phenoxy) is 1. The monoisotopic (exact) mass is 385 g/mol. The van der Waals surface area contributed by atoms with Crippen molar-refractivity contribution in [1.82, 2.24) is 9.97 Å². The molecule has 7 nitrogen and oxygen atoms in total. The Morgan fingerprint density at radius 2 is 2.00 bits per heavy atom. The van der Waals surface area contributed by atoms with Gasteiger partial charge in [0.2, 0.25) is 0 Å². The molecule has 1 saturated carbocycles. The van der Waals surface area contributed by atoms with Crippen LogP contribution in [0.15, 0.2) is 36.5 Å². The molecular formula is C19H19N3O4S. The minimum absolute atomic E-state index is 0.0429. The zero-order chi connectivity index (χ0) is 18.8. The minimum atomic E-state index is -1.10. The topological polar surface area (TPSA) is 105 Å². The first-order valence-electron chi connectivity index (χ1n) is 8.81. The van der Waals surface area contributed by atoms with Gasteiger partial charge in [-0.1, -0.05) is 24.2 Å². The Morgan fingerprint density at radius 1 is 1.19 bits per heavy atom. The Morgan fingerprint density at radius 3 is 2.81 bits per heavy atom. The molecule has 3 aromatic rings. The first kappa shape index (κ1) is 17.7. The van der Waals surface area contributed by atoms with Crippen LogP contribution in [0, 0.1) is 0 Å². The second kappa shape index (κ2) is 7.50. The van der Waals surface area contributed by atoms with Gasteiger partial charge in [0.15, 0.2) is 10.8 Å². The molecule has 0 spiro atoms. The van der Waals surface area contributed by atoms with E-state index in [0.29, 0.717) is 11.5 Å². The summed E-state index contributed by atoms with van der Waals surface area (Å²) in [7, 11) is 0. The van der Waals surface area contributed by atoms with Gasteiger partial charge in [-0.25, -0.2) is 14.8 Å². The van der Waals surface area contributed by atoms with Crippen molar-refractivity contribution in [1.29, 1.82) is 0 Å². The number of hydrogen-bond acceptors (Lipinski definition) is 7. The van der Waals surface area contributed by atoms with Gasteiger partial charge < -0.3 is 20.3 Å². The van der Waals surface area contributed by atoms with Crippen LogP contribution < -0.4 is 10.1 Å². The van der Waals surface area contributed by atoms with Gasteiger partial charge in [0.05, 0.1) is 22.4 Å². The third-order valence-corrected chi connectivity index (χ3v) is 5.53. The second-order valence-electron chi connectivity index (χ2n) is 6.54. The normalized spacial score (nSPS) is 19.7. The number of thiazole rings is 1. The van der Waals surface area contributed by atoms with Gasteiger partial charge in [-0.2, -0.15) is 0 Å². The first-order valence-corrected chi connectivity index (χ1v) is 9.62. The number of aromatic nitrogens is 2. The van der Waals surface area contributed by atoms with E-state index in [1.54, 1.807) is 12.1 Å². The van der Waals surface area contributed by atoms with E-state index < -0.39 is 5.97 Å². The third-order valence-electron chi connectivity index (χ3n) is 4.58. The largest absolute Gasteiger partial charge is 0.477 e. The van der Waals surface area contributed by atoms with Gasteiger partial charge in [-0.05, 0) is 31.0 Å². The van der Waals surface area contributed by atoms with Crippen molar-refractivity contribution >= 4 is 32.7 Å². The number of fused-ring (bicyclic) bond motifs is 1. The van der Waals surface area contributed by atoms with E-state index in [0.717, 1.165) is 41.0 Å². The highest BCUT2D eigenvalue weighted by molar-refractivity contribution is 7.22. The number of carboxylic acids is 1. The fraction of sp³-hybridized carbons (Fsp3) is 0.316. The molecule has 1 aromatic carbocycles. The summed E-state index contributed by atoms with van der Waals surface area (Å²) in [5, 5.41) is 23.3. The van der Waals surface area contributed by atoms with Crippen LogP contribution in [0.3, 0.4) is 0 Å². The van der Waals surface area contributed by atoms with E-state index >= 15 is 0 Å². The lowest BCUT2D eigenvalue weighted by molar-refractivity contribution is 0.0690. The molecule has 0 bridgehead atoms. The molecule has 1 aliphatic carbocycles. The van der Waals surface area contributed by atoms with Gasteiger partial charge in [0.25, 0.3) is 0 Å². The average Bonchev–Trinajstić information content (AvgIpc) is 3.05. The zero-order valence-corrected chi connectivity index (χ0v) is 15.3. The second-order valence-corrected chi connectivity index (χ2v) is 7.57. The van der Waals surface area contributed by atoms with Crippen LogP contribution in [-0.2, 0) is 0 Å². The van der Waals surface area contributed by atoms with Gasteiger partial charge in [0.1, 0.15) is 11.5 Å². The van der Waals surface area contributed by atoms with Crippen molar-refractivity contribution in [2.24, 2.45) is 0 Å². The van der Waals surface area contributed by atoms with Gasteiger partial charge in [-0.3, -0.25) is 0 Å². The van der Waals surface area contributed by atoms with Crippen molar-refractivity contribution in [3.8, 4) is 11.5 Å². The average molecular weight is 385 g/mol. The molecule has 27 heavy (non-hydrogen) atoms. The van der Waals surface area contributed by atoms with E-state index in [1.807, 2.05) is 12.1 Å². The number of aliphatic hydroxyl groups is 1. The summed E-state index contributed by atoms with van der Waals surface area (Å²) in [5.74, 6) is -0.0909. The summed E-state index contributed by atoms with van der Waals surface area (Å²) in [6, 6.07) is 8.57. The van der Waals surface area contributed by atoms with Crippen LogP contribution in [0.25, 0.3) is 10.2 Å². The lowest BCUT2D eigenvalue weighted by Crippen LogP contribution is -2.36. The Labute approximate surface area is 159 Å². The summed E-state index contributed by atoms with van der Waals surface area (Å²) in [6.07, 6.45) is 5.02. The van der Waals surface area contributed by atoms with Gasteiger partial charge in [-0.15, -0.1) is 0 Å². The fourth-order valence-electron chi connectivity index (χ4n) is 3.20. The standard InChI is InChI=1S/C19H19N3O4S/c23-16-4-2-1-3-13(16)21-19-22-14-6-5-11(10-17(14)27-19)26-12-7-8-20-15(9-12)18(24)25/h5-10,13,16,23H,1-4H2,(H,21,22)(H,24,25)/t13-,16-/m1/s1. The molecule has 2 aromatic heterocycles. The number of pyridine rings is 1. The smallest absolute Gasteiger partial charge is 0.354 e. The predicted octanol–water partition coefficient (Wildman–Crippen LogP) is 3.90. The Bertz CT molecular complexity index is 974. The number of nitrogens with zero attached hydrogens (tertiary/aromatic N) is 2. The van der Waals surface area contributed by atoms with Crippen LogP contribution in [0.4, 0.5) is 5.13 Å². The number of nitrogens with one attached hydrogen (secondary N) is 1. The van der Waals surface area contributed by atoms with Crippen molar-refractivity contribution in [3.63, 3.8) is 0 Å². The van der Waals surface area contributed by atoms with E-state index in [-0.39, 0.29) is 17.8 Å². The molecule has 0 saturated heterocycles. The molecule has 0 amide bonds. The highest BCUT2D eigenvalue weighted by atomic mass is 32.1. The quantitative estimate of drug-likeness (QED) is 0.612. The molecule has 1 fully saturated rings. The number of carbonyl (C=O) groups is 1. The van der Waals surface area contributed by atoms with Crippen LogP contribution in [-0.4, -0.2) is 38.3 Å². The number of hydrogen-bond donors (Lipinski definition) is 3. The predicted molar refractivity (Wildman–Crippen MR) is 103 cm³/mol. The molecule has 0 radical (unpaired) electrons. The van der Waals surface area contributed by atoms with E-state index in [4.69, 9.17) is 9.84 Å². The molecule has 0 unspecified atom stereocenters. The molecule has 1 aliphatic rings. The fourth-order valence-corrected chi connectivity index (χ4v) is 4.15. The molecule has 2 atom stereocenters. The first-order chi connectivity index (χ1) is 13.1. The molecule has 0 aliphatic heterocycles. The molecule has 3 N–H and O–H groups in total. The molecular weight excluding hydrogens is 366 g/mol. The van der Waals surface area contributed by atoms with E-state index in [1.165, 1.54) is 23.6 Å². The lowest BCUT2D eigenvalue weighted by atomic mass is 9.93. The van der Waals surface area contributed by atoms with Crippen LogP contribution in [0.2, 0.25) is 0 Å². The van der Waals surface area contributed by atoms with Crippen molar-refractivity contribution in [3.05, 3.63) is 42.2 Å². The maximum atomic E-state index is 11.0. The van der Waals surface area contributed by atoms with Gasteiger partial charge in [0, 0.05) is 18.3 Å². The maximum absolute atomic E-state index is 11.0. The van der Waals surface area contributed by atoms with Gasteiger partial charge >= 0.3 is 5.97 Å². The number of aliphatic hydroxyl groups excluding tert-OH is 1. The summed E-state index contributed by atoms with van der Waals surface area (Å²) in [4.78, 5) is 19.4. The summed E-state index contributed by atoms with van der Waals surface area (Å²) < 4.78 is 6.72. The minimum Gasteiger partial charge on any atom is -0.477 e. The Balaban J connectivity index is 1.52. The number of rotatable bonds is 5. The SMILES string of the molecule is O=C(O)c1cc(Oc2ccc3nc(N[C@@H]4CCCC[C@H]4O)sc3c2)ccn1. The molecule has 4 rings (SSSR count). The lowest BCUT2D eigenvalue weighted by Gasteiger charge is -2.27. The zero-order valence-electron chi connectivity index (χ0n) is 14.5. The van der Waals surface area contributed by atoms with Crippen LogP contribution in [0.1, 0.15) is 36.2 Å². The van der Waals surface area contributed by atoms with Crippen LogP contribution in [0.5, 0.6) is 11.5 Å². The number of anilines is 1. The van der Waals surface area contributed by atoms with E-state index in [2.05, 4.69) is 15.3 Å². The third kappa shape index (κ3) is 4.01. The van der Waals surface area contributed by atoms with E-state index in [9.17, 15) is 9.90 Å². The Hall–Kier alpha value is -2.71.